The van der Waals surface area contributed by atoms with E-state index < -0.39 is 0 Å². The average Bonchev–Trinajstić information content (AvgIpc) is 1.86. The SMILES string of the molecule is CC(C)=O.CCCCCC(C)=O. The van der Waals surface area contributed by atoms with Crippen LogP contribution < -0.4 is 0 Å². The van der Waals surface area contributed by atoms with E-state index in [9.17, 15) is 9.59 Å². The lowest BCUT2D eigenvalue weighted by molar-refractivity contribution is -0.117. The molecule has 0 rings (SSSR count). The summed E-state index contributed by atoms with van der Waals surface area (Å²) < 4.78 is 0. The number of unbranched alkanes of at least 4 members (excludes halogenated alkanes) is 2. The molecule has 12 heavy (non-hydrogen) atoms. The molecule has 0 fully saturated rings. The summed E-state index contributed by atoms with van der Waals surface area (Å²) in [5.74, 6) is 0.485. The second-order valence-corrected chi connectivity index (χ2v) is 3.07. The van der Waals surface area contributed by atoms with Gasteiger partial charge in [-0.2, -0.15) is 0 Å². The number of hydrogen-bond donors (Lipinski definition) is 0. The van der Waals surface area contributed by atoms with Gasteiger partial charge in [-0.05, 0) is 27.2 Å². The molecule has 0 saturated heterocycles. The Morgan fingerprint density at radius 2 is 1.42 bits per heavy atom. The van der Waals surface area contributed by atoms with Crippen molar-refractivity contribution >= 4 is 11.6 Å². The van der Waals surface area contributed by atoms with Crippen LogP contribution in [-0.4, -0.2) is 11.6 Å². The highest BCUT2D eigenvalue weighted by atomic mass is 16.1. The highest BCUT2D eigenvalue weighted by Gasteiger charge is 1.89. The molecule has 0 radical (unpaired) electrons. The molecule has 0 unspecified atom stereocenters. The summed E-state index contributed by atoms with van der Waals surface area (Å²) in [5, 5.41) is 0. The first-order valence-electron chi connectivity index (χ1n) is 4.47. The minimum absolute atomic E-state index is 0.167. The Morgan fingerprint density at radius 3 is 1.67 bits per heavy atom. The van der Waals surface area contributed by atoms with Gasteiger partial charge in [-0.3, -0.25) is 0 Å². The lowest BCUT2D eigenvalue weighted by Crippen LogP contribution is -1.87. The quantitative estimate of drug-likeness (QED) is 0.611. The van der Waals surface area contributed by atoms with Crippen molar-refractivity contribution in [3.05, 3.63) is 0 Å². The molecule has 0 saturated carbocycles. The van der Waals surface area contributed by atoms with Crippen LogP contribution in [0, 0.1) is 0 Å². The summed E-state index contributed by atoms with van der Waals surface area (Å²) in [6, 6.07) is 0. The molecule has 0 aliphatic heterocycles. The predicted octanol–water partition coefficient (Wildman–Crippen LogP) is 2.75. The van der Waals surface area contributed by atoms with Crippen molar-refractivity contribution in [1.29, 1.82) is 0 Å². The molecule has 0 atom stereocenters. The van der Waals surface area contributed by atoms with E-state index in [0.29, 0.717) is 5.78 Å². The monoisotopic (exact) mass is 172 g/mol. The fourth-order valence-corrected chi connectivity index (χ4v) is 0.624. The van der Waals surface area contributed by atoms with Gasteiger partial charge in [0.25, 0.3) is 0 Å². The zero-order valence-corrected chi connectivity index (χ0v) is 8.64. The average molecular weight is 172 g/mol. The number of Topliss-reactive ketones (excluding diaryl/α,β-unsaturated/α-hetero) is 2. The summed E-state index contributed by atoms with van der Waals surface area (Å²) in [5.41, 5.74) is 0. The minimum atomic E-state index is 0.167. The molecule has 2 nitrogen and oxygen atoms in total. The number of carbonyl (C=O) groups excluding carboxylic acids is 2. The van der Waals surface area contributed by atoms with Crippen molar-refractivity contribution in [1.82, 2.24) is 0 Å². The maximum absolute atomic E-state index is 10.3. The Bertz CT molecular complexity index is 124. The number of rotatable bonds is 4. The van der Waals surface area contributed by atoms with Gasteiger partial charge in [0.15, 0.2) is 0 Å². The summed E-state index contributed by atoms with van der Waals surface area (Å²) in [4.78, 5) is 19.8. The highest BCUT2D eigenvalue weighted by molar-refractivity contribution is 5.75. The zero-order chi connectivity index (χ0) is 9.98. The first-order chi connectivity index (χ1) is 5.50. The van der Waals surface area contributed by atoms with Crippen LogP contribution in [0.25, 0.3) is 0 Å². The van der Waals surface area contributed by atoms with Crippen LogP contribution in [0.3, 0.4) is 0 Å². The van der Waals surface area contributed by atoms with Crippen LogP contribution >= 0.6 is 0 Å². The smallest absolute Gasteiger partial charge is 0.129 e. The Labute approximate surface area is 75.4 Å². The first-order valence-corrected chi connectivity index (χ1v) is 4.47. The third-order valence-corrected chi connectivity index (χ3v) is 1.13. The molecular formula is C10H20O2. The van der Waals surface area contributed by atoms with Crippen LogP contribution in [-0.2, 0) is 9.59 Å². The standard InChI is InChI=1S/C7H14O.C3H6O/c1-3-4-5-6-7(2)8;1-3(2)4/h3-6H2,1-2H3;1-2H3. The van der Waals surface area contributed by atoms with Crippen molar-refractivity contribution < 1.29 is 9.59 Å². The molecule has 0 aromatic rings. The van der Waals surface area contributed by atoms with E-state index in [-0.39, 0.29) is 5.78 Å². The van der Waals surface area contributed by atoms with E-state index in [1.54, 1.807) is 6.92 Å². The summed E-state index contributed by atoms with van der Waals surface area (Å²) >= 11 is 0. The maximum Gasteiger partial charge on any atom is 0.129 e. The minimum Gasteiger partial charge on any atom is -0.300 e. The molecule has 0 N–H and O–H groups in total. The van der Waals surface area contributed by atoms with E-state index in [0.717, 1.165) is 12.8 Å². The van der Waals surface area contributed by atoms with E-state index in [1.807, 2.05) is 0 Å². The van der Waals surface area contributed by atoms with Gasteiger partial charge in [0.05, 0.1) is 0 Å². The second kappa shape index (κ2) is 10.3. The Balaban J connectivity index is 0. The zero-order valence-electron chi connectivity index (χ0n) is 8.64. The third-order valence-electron chi connectivity index (χ3n) is 1.13. The molecular weight excluding hydrogens is 152 g/mol. The molecule has 0 amide bonds. The maximum atomic E-state index is 10.3. The number of carbonyl (C=O) groups is 2. The fraction of sp³-hybridized carbons (Fsp3) is 0.800. The van der Waals surface area contributed by atoms with Crippen molar-refractivity contribution in [2.24, 2.45) is 0 Å². The topological polar surface area (TPSA) is 34.1 Å². The number of hydrogen-bond acceptors (Lipinski definition) is 2. The molecule has 0 aromatic heterocycles. The van der Waals surface area contributed by atoms with Gasteiger partial charge >= 0.3 is 0 Å². The van der Waals surface area contributed by atoms with Gasteiger partial charge in [-0.25, -0.2) is 0 Å². The molecule has 72 valence electrons. The molecule has 0 heterocycles. The predicted molar refractivity (Wildman–Crippen MR) is 51.2 cm³/mol. The normalized spacial score (nSPS) is 8.33. The van der Waals surface area contributed by atoms with Gasteiger partial charge < -0.3 is 9.59 Å². The van der Waals surface area contributed by atoms with Gasteiger partial charge in [0, 0.05) is 6.42 Å². The van der Waals surface area contributed by atoms with Crippen molar-refractivity contribution in [3.63, 3.8) is 0 Å². The van der Waals surface area contributed by atoms with E-state index >= 15 is 0 Å². The van der Waals surface area contributed by atoms with E-state index in [4.69, 9.17) is 0 Å². The summed E-state index contributed by atoms with van der Waals surface area (Å²) in [6.45, 7) is 6.84. The van der Waals surface area contributed by atoms with E-state index in [2.05, 4.69) is 6.92 Å². The van der Waals surface area contributed by atoms with Crippen molar-refractivity contribution in [2.75, 3.05) is 0 Å². The lowest BCUT2D eigenvalue weighted by atomic mass is 10.2. The molecule has 0 aromatic carbocycles. The molecule has 0 aliphatic carbocycles. The molecule has 0 spiro atoms. The summed E-state index contributed by atoms with van der Waals surface area (Å²) in [7, 11) is 0. The van der Waals surface area contributed by atoms with Crippen LogP contribution in [0.15, 0.2) is 0 Å². The molecule has 2 heteroatoms. The largest absolute Gasteiger partial charge is 0.300 e. The van der Waals surface area contributed by atoms with Gasteiger partial charge in [0.1, 0.15) is 11.6 Å². The Morgan fingerprint density at radius 1 is 1.00 bits per heavy atom. The van der Waals surface area contributed by atoms with Gasteiger partial charge in [-0.1, -0.05) is 19.8 Å². The van der Waals surface area contributed by atoms with Crippen LogP contribution in [0.5, 0.6) is 0 Å². The third kappa shape index (κ3) is 34.5. The van der Waals surface area contributed by atoms with Crippen molar-refractivity contribution in [3.8, 4) is 0 Å². The second-order valence-electron chi connectivity index (χ2n) is 3.07. The van der Waals surface area contributed by atoms with Gasteiger partial charge in [0.2, 0.25) is 0 Å². The Hall–Kier alpha value is -0.660. The van der Waals surface area contributed by atoms with E-state index in [1.165, 1.54) is 26.7 Å². The molecule has 0 bridgehead atoms. The Kier molecular flexibility index (Phi) is 12.0. The number of ketones is 2. The lowest BCUT2D eigenvalue weighted by Gasteiger charge is -1.90. The van der Waals surface area contributed by atoms with Crippen LogP contribution in [0.2, 0.25) is 0 Å². The fourth-order valence-electron chi connectivity index (χ4n) is 0.624. The first kappa shape index (κ1) is 13.9. The summed E-state index contributed by atoms with van der Waals surface area (Å²) in [6.07, 6.45) is 4.24. The molecule has 0 aliphatic rings. The van der Waals surface area contributed by atoms with Crippen LogP contribution in [0.1, 0.15) is 53.4 Å². The van der Waals surface area contributed by atoms with Crippen molar-refractivity contribution in [2.45, 2.75) is 53.4 Å². The van der Waals surface area contributed by atoms with Crippen LogP contribution in [0.4, 0.5) is 0 Å². The highest BCUT2D eigenvalue weighted by Crippen LogP contribution is 1.98. The van der Waals surface area contributed by atoms with Gasteiger partial charge in [-0.15, -0.1) is 0 Å².